The molecule has 1 heteroatoms. The van der Waals surface area contributed by atoms with Crippen molar-refractivity contribution in [2.24, 2.45) is 5.92 Å². The van der Waals surface area contributed by atoms with Crippen LogP contribution in [0.2, 0.25) is 0 Å². The Morgan fingerprint density at radius 1 is 1.25 bits per heavy atom. The Bertz CT molecular complexity index is 168. The molecule has 0 aliphatic rings. The first-order chi connectivity index (χ1) is 7.76. The smallest absolute Gasteiger partial charge is 0.00462 e. The third-order valence-corrected chi connectivity index (χ3v) is 2.09. The van der Waals surface area contributed by atoms with Crippen LogP contribution in [0.25, 0.3) is 0 Å². The Balaban J connectivity index is -0.000000376. The summed E-state index contributed by atoms with van der Waals surface area (Å²) in [6.07, 6.45) is 7.70. The molecule has 1 unspecified atom stereocenters. The van der Waals surface area contributed by atoms with E-state index in [1.54, 1.807) is 0 Å². The van der Waals surface area contributed by atoms with Crippen molar-refractivity contribution in [3.63, 3.8) is 0 Å². The molecule has 0 aromatic rings. The van der Waals surface area contributed by atoms with Crippen LogP contribution in [0.1, 0.15) is 41.0 Å². The van der Waals surface area contributed by atoms with Gasteiger partial charge in [0, 0.05) is 0 Å². The molecule has 0 heterocycles. The molecule has 0 bridgehead atoms. The fraction of sp³-hybridized carbons (Fsp3) is 0.600. The highest BCUT2D eigenvalue weighted by Gasteiger charge is 2.03. The molecule has 0 aromatic heterocycles. The summed E-state index contributed by atoms with van der Waals surface area (Å²) in [5.41, 5.74) is 1.44. The molecule has 0 aliphatic carbocycles. The van der Waals surface area contributed by atoms with Gasteiger partial charge in [0.1, 0.15) is 0 Å². The predicted molar refractivity (Wildman–Crippen MR) is 78.9 cm³/mol. The normalized spacial score (nSPS) is 12.2. The molecule has 0 saturated carbocycles. The molecule has 16 heavy (non-hydrogen) atoms. The zero-order valence-corrected chi connectivity index (χ0v) is 12.1. The summed E-state index contributed by atoms with van der Waals surface area (Å²) in [6, 6.07) is 0. The van der Waals surface area contributed by atoms with Crippen molar-refractivity contribution in [2.75, 3.05) is 13.6 Å². The fourth-order valence-corrected chi connectivity index (χ4v) is 1.26. The topological polar surface area (TPSA) is 12.0 Å². The highest BCUT2D eigenvalue weighted by Crippen LogP contribution is 2.14. The fourth-order valence-electron chi connectivity index (χ4n) is 1.26. The van der Waals surface area contributed by atoms with Crippen LogP contribution < -0.4 is 5.32 Å². The Morgan fingerprint density at radius 3 is 2.06 bits per heavy atom. The monoisotopic (exact) mass is 225 g/mol. The highest BCUT2D eigenvalue weighted by molar-refractivity contribution is 5.19. The van der Waals surface area contributed by atoms with Gasteiger partial charge in [0.25, 0.3) is 0 Å². The van der Waals surface area contributed by atoms with Gasteiger partial charge in [-0.3, -0.25) is 0 Å². The van der Waals surface area contributed by atoms with Crippen molar-refractivity contribution in [2.45, 2.75) is 41.0 Å². The number of hydrogen-bond donors (Lipinski definition) is 1. The Morgan fingerprint density at radius 2 is 1.75 bits per heavy atom. The second kappa shape index (κ2) is 19.7. The molecule has 0 spiro atoms. The standard InChI is InChI=1S/C11H21N.C2H6.C2H4/c1-5-7-11(6-2)10(3)8-9-12-4;2*1-2/h5-7,10,12H,8-9H2,1-4H3;1-2H3;1-2H2/b7-5-,11-6+;;. The van der Waals surface area contributed by atoms with Crippen molar-refractivity contribution in [1.29, 1.82) is 0 Å². The van der Waals surface area contributed by atoms with Crippen LogP contribution in [0.4, 0.5) is 0 Å². The van der Waals surface area contributed by atoms with Crippen LogP contribution in [0.3, 0.4) is 0 Å². The Hall–Kier alpha value is -0.820. The molecule has 0 amide bonds. The quantitative estimate of drug-likeness (QED) is 0.533. The van der Waals surface area contributed by atoms with Gasteiger partial charge >= 0.3 is 0 Å². The van der Waals surface area contributed by atoms with Gasteiger partial charge in [0.2, 0.25) is 0 Å². The number of allylic oxidation sites excluding steroid dienone is 4. The summed E-state index contributed by atoms with van der Waals surface area (Å²) in [6.45, 7) is 17.5. The van der Waals surface area contributed by atoms with E-state index in [-0.39, 0.29) is 0 Å². The maximum Gasteiger partial charge on any atom is -0.00462 e. The van der Waals surface area contributed by atoms with E-state index in [2.05, 4.69) is 57.5 Å². The van der Waals surface area contributed by atoms with Gasteiger partial charge in [0.15, 0.2) is 0 Å². The zero-order chi connectivity index (χ0) is 13.4. The van der Waals surface area contributed by atoms with Gasteiger partial charge in [-0.2, -0.15) is 0 Å². The van der Waals surface area contributed by atoms with Gasteiger partial charge in [-0.25, -0.2) is 0 Å². The van der Waals surface area contributed by atoms with Crippen molar-refractivity contribution >= 4 is 0 Å². The van der Waals surface area contributed by atoms with Gasteiger partial charge in [-0.1, -0.05) is 39.0 Å². The molecule has 1 nitrogen and oxygen atoms in total. The lowest BCUT2D eigenvalue weighted by atomic mass is 9.97. The molecule has 0 rings (SSSR count). The average Bonchev–Trinajstić information content (AvgIpc) is 2.37. The molecule has 0 aromatic carbocycles. The van der Waals surface area contributed by atoms with E-state index < -0.39 is 0 Å². The predicted octanol–water partition coefficient (Wildman–Crippen LogP) is 4.58. The van der Waals surface area contributed by atoms with Crippen molar-refractivity contribution in [3.05, 3.63) is 37.0 Å². The van der Waals surface area contributed by atoms with Crippen molar-refractivity contribution in [1.82, 2.24) is 5.32 Å². The minimum atomic E-state index is 0.665. The Labute approximate surface area is 103 Å². The van der Waals surface area contributed by atoms with E-state index in [0.717, 1.165) is 6.54 Å². The number of rotatable bonds is 5. The summed E-state index contributed by atoms with van der Waals surface area (Å²) in [7, 11) is 2.00. The lowest BCUT2D eigenvalue weighted by Crippen LogP contribution is -2.12. The first-order valence-corrected chi connectivity index (χ1v) is 6.19. The molecule has 96 valence electrons. The molecule has 0 radical (unpaired) electrons. The number of hydrogen-bond acceptors (Lipinski definition) is 1. The van der Waals surface area contributed by atoms with Crippen LogP contribution in [0.15, 0.2) is 37.0 Å². The molecular formula is C15H31N. The lowest BCUT2D eigenvalue weighted by Gasteiger charge is -2.11. The van der Waals surface area contributed by atoms with Crippen LogP contribution >= 0.6 is 0 Å². The molecule has 0 saturated heterocycles. The summed E-state index contributed by atoms with van der Waals surface area (Å²) < 4.78 is 0. The van der Waals surface area contributed by atoms with Gasteiger partial charge in [-0.15, -0.1) is 13.2 Å². The van der Waals surface area contributed by atoms with E-state index in [1.165, 1.54) is 12.0 Å². The molecule has 0 fully saturated rings. The molecule has 1 N–H and O–H groups in total. The molecule has 0 aliphatic heterocycles. The van der Waals surface area contributed by atoms with Crippen LogP contribution in [-0.2, 0) is 0 Å². The maximum atomic E-state index is 3.17. The second-order valence-corrected chi connectivity index (χ2v) is 3.08. The molecular weight excluding hydrogens is 194 g/mol. The van der Waals surface area contributed by atoms with Crippen LogP contribution in [0.5, 0.6) is 0 Å². The highest BCUT2D eigenvalue weighted by atomic mass is 14.8. The lowest BCUT2D eigenvalue weighted by molar-refractivity contribution is 0.593. The number of nitrogens with one attached hydrogen (secondary N) is 1. The Kier molecular flexibility index (Phi) is 25.3. The van der Waals surface area contributed by atoms with E-state index in [4.69, 9.17) is 0 Å². The third-order valence-electron chi connectivity index (χ3n) is 2.09. The van der Waals surface area contributed by atoms with E-state index in [0.29, 0.717) is 5.92 Å². The second-order valence-electron chi connectivity index (χ2n) is 3.08. The van der Waals surface area contributed by atoms with Crippen LogP contribution in [0, 0.1) is 5.92 Å². The maximum absolute atomic E-state index is 3.17. The minimum Gasteiger partial charge on any atom is -0.320 e. The van der Waals surface area contributed by atoms with E-state index in [1.807, 2.05) is 20.9 Å². The van der Waals surface area contributed by atoms with Crippen molar-refractivity contribution < 1.29 is 0 Å². The zero-order valence-electron chi connectivity index (χ0n) is 12.1. The van der Waals surface area contributed by atoms with Gasteiger partial charge in [0.05, 0.1) is 0 Å². The van der Waals surface area contributed by atoms with Gasteiger partial charge in [-0.05, 0) is 45.4 Å². The third kappa shape index (κ3) is 13.2. The van der Waals surface area contributed by atoms with Crippen molar-refractivity contribution in [3.8, 4) is 0 Å². The summed E-state index contributed by atoms with van der Waals surface area (Å²) in [4.78, 5) is 0. The first-order valence-electron chi connectivity index (χ1n) is 6.19. The van der Waals surface area contributed by atoms with E-state index >= 15 is 0 Å². The molecule has 1 atom stereocenters. The summed E-state index contributed by atoms with van der Waals surface area (Å²) in [5, 5.41) is 3.17. The van der Waals surface area contributed by atoms with E-state index in [9.17, 15) is 0 Å². The average molecular weight is 225 g/mol. The summed E-state index contributed by atoms with van der Waals surface area (Å²) >= 11 is 0. The van der Waals surface area contributed by atoms with Crippen LogP contribution in [-0.4, -0.2) is 13.6 Å². The SMILES string of the molecule is C/C=C\C(=C/C)C(C)CCNC.C=C.CC. The first kappa shape index (κ1) is 20.6. The summed E-state index contributed by atoms with van der Waals surface area (Å²) in [5.74, 6) is 0.665. The minimum absolute atomic E-state index is 0.665. The van der Waals surface area contributed by atoms with Gasteiger partial charge < -0.3 is 5.32 Å². The largest absolute Gasteiger partial charge is 0.320 e.